The maximum atomic E-state index is 9.70. The number of aliphatic hydroxyl groups is 1. The molecule has 3 nitrogen and oxygen atoms in total. The van der Waals surface area contributed by atoms with Gasteiger partial charge in [0.2, 0.25) is 0 Å². The highest BCUT2D eigenvalue weighted by atomic mass is 16.3. The van der Waals surface area contributed by atoms with Crippen LogP contribution in [0.5, 0.6) is 0 Å². The number of hydrogen-bond acceptors (Lipinski definition) is 3. The van der Waals surface area contributed by atoms with Crippen molar-refractivity contribution >= 4 is 0 Å². The summed E-state index contributed by atoms with van der Waals surface area (Å²) in [6.45, 7) is 6.86. The first kappa shape index (κ1) is 14.3. The first-order chi connectivity index (χ1) is 8.74. The standard InChI is InChI=1S/C15H30N2O/c1-3-16-15(12-18)10-9-14(11-15)17(4-2)13-7-5-6-8-13/h13-14,16,18H,3-12H2,1-2H3. The molecule has 0 saturated heterocycles. The van der Waals surface area contributed by atoms with Crippen LogP contribution in [0, 0.1) is 0 Å². The largest absolute Gasteiger partial charge is 0.394 e. The minimum atomic E-state index is 0.00540. The molecule has 0 radical (unpaired) electrons. The lowest BCUT2D eigenvalue weighted by atomic mass is 9.98. The van der Waals surface area contributed by atoms with Gasteiger partial charge in [0.1, 0.15) is 0 Å². The Kier molecular flexibility index (Phi) is 5.05. The molecule has 106 valence electrons. The Morgan fingerprint density at radius 2 is 1.89 bits per heavy atom. The van der Waals surface area contributed by atoms with Gasteiger partial charge in [-0.15, -0.1) is 0 Å². The van der Waals surface area contributed by atoms with Crippen LogP contribution in [-0.2, 0) is 0 Å². The fourth-order valence-electron chi connectivity index (χ4n) is 4.17. The molecule has 2 saturated carbocycles. The third kappa shape index (κ3) is 2.89. The van der Waals surface area contributed by atoms with E-state index < -0.39 is 0 Å². The van der Waals surface area contributed by atoms with Crippen LogP contribution in [0.3, 0.4) is 0 Å². The van der Waals surface area contributed by atoms with Crippen LogP contribution in [0.2, 0.25) is 0 Å². The zero-order valence-corrected chi connectivity index (χ0v) is 12.1. The van der Waals surface area contributed by atoms with Gasteiger partial charge in [-0.25, -0.2) is 0 Å². The van der Waals surface area contributed by atoms with E-state index in [4.69, 9.17) is 0 Å². The van der Waals surface area contributed by atoms with Crippen molar-refractivity contribution in [1.82, 2.24) is 10.2 Å². The van der Waals surface area contributed by atoms with Crippen molar-refractivity contribution in [3.8, 4) is 0 Å². The van der Waals surface area contributed by atoms with Crippen molar-refractivity contribution in [3.05, 3.63) is 0 Å². The van der Waals surface area contributed by atoms with Crippen molar-refractivity contribution < 1.29 is 5.11 Å². The molecular formula is C15H30N2O. The summed E-state index contributed by atoms with van der Waals surface area (Å²) in [4.78, 5) is 2.72. The van der Waals surface area contributed by atoms with Gasteiger partial charge in [0.15, 0.2) is 0 Å². The average molecular weight is 254 g/mol. The fraction of sp³-hybridized carbons (Fsp3) is 1.00. The van der Waals surface area contributed by atoms with Crippen LogP contribution in [-0.4, -0.2) is 47.3 Å². The monoisotopic (exact) mass is 254 g/mol. The van der Waals surface area contributed by atoms with E-state index in [-0.39, 0.29) is 5.54 Å². The van der Waals surface area contributed by atoms with Crippen molar-refractivity contribution in [2.24, 2.45) is 0 Å². The molecule has 0 bridgehead atoms. The average Bonchev–Trinajstić information content (AvgIpc) is 3.02. The maximum Gasteiger partial charge on any atom is 0.0613 e. The molecule has 2 rings (SSSR count). The molecule has 3 heteroatoms. The van der Waals surface area contributed by atoms with Gasteiger partial charge in [-0.05, 0) is 45.2 Å². The Morgan fingerprint density at radius 3 is 2.44 bits per heavy atom. The summed E-state index contributed by atoms with van der Waals surface area (Å²) in [5.74, 6) is 0. The van der Waals surface area contributed by atoms with E-state index in [1.807, 2.05) is 0 Å². The lowest BCUT2D eigenvalue weighted by molar-refractivity contribution is 0.120. The second kappa shape index (κ2) is 6.36. The minimum Gasteiger partial charge on any atom is -0.394 e. The number of rotatable bonds is 6. The van der Waals surface area contributed by atoms with Crippen LogP contribution >= 0.6 is 0 Å². The SMILES string of the molecule is CCNC1(CO)CCC(N(CC)C2CCCC2)C1. The summed E-state index contributed by atoms with van der Waals surface area (Å²) in [7, 11) is 0. The van der Waals surface area contributed by atoms with Gasteiger partial charge in [-0.3, -0.25) is 4.90 Å². The molecule has 0 aromatic heterocycles. The van der Waals surface area contributed by atoms with Gasteiger partial charge in [0.25, 0.3) is 0 Å². The molecule has 0 aromatic carbocycles. The van der Waals surface area contributed by atoms with E-state index in [1.54, 1.807) is 0 Å². The normalized spacial score (nSPS) is 33.7. The molecule has 0 aromatic rings. The van der Waals surface area contributed by atoms with Gasteiger partial charge in [0, 0.05) is 17.6 Å². The molecule has 2 atom stereocenters. The van der Waals surface area contributed by atoms with Crippen molar-refractivity contribution in [1.29, 1.82) is 0 Å². The van der Waals surface area contributed by atoms with E-state index in [1.165, 1.54) is 38.6 Å². The van der Waals surface area contributed by atoms with Gasteiger partial charge in [0.05, 0.1) is 6.61 Å². The predicted octanol–water partition coefficient (Wildman–Crippen LogP) is 2.14. The molecule has 0 amide bonds. The first-order valence-corrected chi connectivity index (χ1v) is 7.86. The smallest absolute Gasteiger partial charge is 0.0613 e. The van der Waals surface area contributed by atoms with Crippen LogP contribution in [0.15, 0.2) is 0 Å². The quantitative estimate of drug-likeness (QED) is 0.762. The van der Waals surface area contributed by atoms with Crippen LogP contribution in [0.1, 0.15) is 58.8 Å². The molecule has 2 fully saturated rings. The molecule has 18 heavy (non-hydrogen) atoms. The molecule has 2 aliphatic rings. The fourth-order valence-corrected chi connectivity index (χ4v) is 4.17. The summed E-state index contributed by atoms with van der Waals surface area (Å²) in [5.41, 5.74) is 0.00540. The topological polar surface area (TPSA) is 35.5 Å². The van der Waals surface area contributed by atoms with Gasteiger partial charge < -0.3 is 10.4 Å². The molecule has 2 N–H and O–H groups in total. The summed E-state index contributed by atoms with van der Waals surface area (Å²) < 4.78 is 0. The summed E-state index contributed by atoms with van der Waals surface area (Å²) in [6.07, 6.45) is 9.10. The number of nitrogens with zero attached hydrogens (tertiary/aromatic N) is 1. The van der Waals surface area contributed by atoms with Gasteiger partial charge in [-0.1, -0.05) is 26.7 Å². The number of likely N-dealkylation sites (N-methyl/N-ethyl adjacent to an activating group) is 1. The molecular weight excluding hydrogens is 224 g/mol. The van der Waals surface area contributed by atoms with Crippen LogP contribution in [0.25, 0.3) is 0 Å². The van der Waals surface area contributed by atoms with E-state index in [2.05, 4.69) is 24.1 Å². The van der Waals surface area contributed by atoms with E-state index >= 15 is 0 Å². The highest BCUT2D eigenvalue weighted by Gasteiger charge is 2.41. The second-order valence-electron chi connectivity index (χ2n) is 6.13. The van der Waals surface area contributed by atoms with Crippen LogP contribution < -0.4 is 5.32 Å². The Labute approximate surface area is 112 Å². The maximum absolute atomic E-state index is 9.70. The summed E-state index contributed by atoms with van der Waals surface area (Å²) in [5, 5.41) is 13.2. The van der Waals surface area contributed by atoms with E-state index in [0.717, 1.165) is 25.4 Å². The molecule has 0 spiro atoms. The highest BCUT2D eigenvalue weighted by Crippen LogP contribution is 2.36. The highest BCUT2D eigenvalue weighted by molar-refractivity contribution is 5.00. The molecule has 0 heterocycles. The lowest BCUT2D eigenvalue weighted by Crippen LogP contribution is -2.49. The number of hydrogen-bond donors (Lipinski definition) is 2. The zero-order chi connectivity index (χ0) is 13.0. The zero-order valence-electron chi connectivity index (χ0n) is 12.1. The summed E-state index contributed by atoms with van der Waals surface area (Å²) >= 11 is 0. The van der Waals surface area contributed by atoms with E-state index in [9.17, 15) is 5.11 Å². The minimum absolute atomic E-state index is 0.00540. The second-order valence-corrected chi connectivity index (χ2v) is 6.13. The Balaban J connectivity index is 1.96. The molecule has 2 aliphatic carbocycles. The van der Waals surface area contributed by atoms with Gasteiger partial charge in [-0.2, -0.15) is 0 Å². The summed E-state index contributed by atoms with van der Waals surface area (Å²) in [6, 6.07) is 1.50. The predicted molar refractivity (Wildman–Crippen MR) is 75.8 cm³/mol. The number of nitrogens with one attached hydrogen (secondary N) is 1. The Bertz CT molecular complexity index is 253. The lowest BCUT2D eigenvalue weighted by Gasteiger charge is -2.35. The van der Waals surface area contributed by atoms with Crippen molar-refractivity contribution in [2.45, 2.75) is 76.4 Å². The molecule has 0 aliphatic heterocycles. The van der Waals surface area contributed by atoms with Gasteiger partial charge >= 0.3 is 0 Å². The third-order valence-corrected chi connectivity index (χ3v) is 5.06. The number of aliphatic hydroxyl groups excluding tert-OH is 1. The Hall–Kier alpha value is -0.120. The van der Waals surface area contributed by atoms with Crippen molar-refractivity contribution in [2.75, 3.05) is 19.7 Å². The van der Waals surface area contributed by atoms with Crippen molar-refractivity contribution in [3.63, 3.8) is 0 Å². The van der Waals surface area contributed by atoms with Crippen LogP contribution in [0.4, 0.5) is 0 Å². The third-order valence-electron chi connectivity index (χ3n) is 5.06. The van der Waals surface area contributed by atoms with E-state index in [0.29, 0.717) is 12.6 Å². The molecule has 2 unspecified atom stereocenters. The first-order valence-electron chi connectivity index (χ1n) is 7.86. The Morgan fingerprint density at radius 1 is 1.17 bits per heavy atom.